The Morgan fingerprint density at radius 3 is 2.86 bits per heavy atom. The lowest BCUT2D eigenvalue weighted by Crippen LogP contribution is -2.50. The molecule has 152 valence electrons. The summed E-state index contributed by atoms with van der Waals surface area (Å²) in [5.41, 5.74) is 1.64. The number of hydrogen-bond donors (Lipinski definition) is 2. The van der Waals surface area contributed by atoms with Gasteiger partial charge in [0.15, 0.2) is 6.61 Å². The van der Waals surface area contributed by atoms with Gasteiger partial charge in [0, 0.05) is 6.54 Å². The molecule has 2 aliphatic rings. The number of anilines is 1. The minimum absolute atomic E-state index is 0.0537. The predicted octanol–water partition coefficient (Wildman–Crippen LogP) is 1.88. The molecule has 28 heavy (non-hydrogen) atoms. The monoisotopic (exact) mass is 387 g/mol. The molecule has 0 bridgehead atoms. The fourth-order valence-electron chi connectivity index (χ4n) is 3.46. The summed E-state index contributed by atoms with van der Waals surface area (Å²) in [5, 5.41) is 5.58. The molecule has 0 aliphatic carbocycles. The van der Waals surface area contributed by atoms with Crippen LogP contribution >= 0.6 is 0 Å². The van der Waals surface area contributed by atoms with Crippen LogP contribution in [0.25, 0.3) is 0 Å². The van der Waals surface area contributed by atoms with Gasteiger partial charge in [0.1, 0.15) is 18.3 Å². The molecule has 0 aromatic heterocycles. The highest BCUT2D eigenvalue weighted by molar-refractivity contribution is 6.02. The molecule has 1 fully saturated rings. The Morgan fingerprint density at radius 1 is 1.32 bits per heavy atom. The lowest BCUT2D eigenvalue weighted by molar-refractivity contribution is -0.129. The van der Waals surface area contributed by atoms with Gasteiger partial charge in [0.05, 0.1) is 5.69 Å². The van der Waals surface area contributed by atoms with E-state index in [1.54, 1.807) is 0 Å². The topological polar surface area (TPSA) is 87.7 Å². The molecule has 0 saturated carbocycles. The van der Waals surface area contributed by atoms with Gasteiger partial charge in [-0.25, -0.2) is 0 Å². The summed E-state index contributed by atoms with van der Waals surface area (Å²) in [7, 11) is 0. The summed E-state index contributed by atoms with van der Waals surface area (Å²) in [5.74, 6) is -0.176. The van der Waals surface area contributed by atoms with Crippen LogP contribution in [-0.4, -0.2) is 43.5 Å². The van der Waals surface area contributed by atoms with Crippen LogP contribution in [0.1, 0.15) is 52.0 Å². The number of ether oxygens (including phenoxy) is 1. The van der Waals surface area contributed by atoms with Crippen LogP contribution in [0.2, 0.25) is 0 Å². The van der Waals surface area contributed by atoms with Gasteiger partial charge >= 0.3 is 0 Å². The van der Waals surface area contributed by atoms with Crippen LogP contribution in [0.4, 0.5) is 5.69 Å². The third-order valence-corrected chi connectivity index (χ3v) is 5.74. The molecule has 1 unspecified atom stereocenters. The van der Waals surface area contributed by atoms with Crippen molar-refractivity contribution in [3.05, 3.63) is 23.8 Å². The largest absolute Gasteiger partial charge is 0.482 e. The first kappa shape index (κ1) is 20.2. The van der Waals surface area contributed by atoms with Crippen LogP contribution in [0.3, 0.4) is 0 Å². The Morgan fingerprint density at radius 2 is 2.11 bits per heavy atom. The highest BCUT2D eigenvalue weighted by Gasteiger charge is 2.31. The third kappa shape index (κ3) is 4.29. The number of benzene rings is 1. The molecule has 7 heteroatoms. The van der Waals surface area contributed by atoms with Gasteiger partial charge in [-0.05, 0) is 48.8 Å². The fraction of sp³-hybridized carbons (Fsp3) is 0.571. The molecular weight excluding hydrogens is 358 g/mol. The van der Waals surface area contributed by atoms with Crippen LogP contribution in [0.5, 0.6) is 5.75 Å². The zero-order chi connectivity index (χ0) is 20.3. The summed E-state index contributed by atoms with van der Waals surface area (Å²) >= 11 is 0. The molecule has 3 amide bonds. The first-order chi connectivity index (χ1) is 13.3. The van der Waals surface area contributed by atoms with Crippen LogP contribution in [0, 0.1) is 0 Å². The minimum atomic E-state index is -0.545. The predicted molar refractivity (Wildman–Crippen MR) is 106 cm³/mol. The first-order valence-electron chi connectivity index (χ1n) is 9.96. The number of hydrogen-bond acceptors (Lipinski definition) is 4. The molecule has 1 atom stereocenters. The standard InChI is InChI=1S/C21H29N3O4/c1-4-21(2,3)14-8-9-17-16(11-14)24(19(26)13-28-17)12-18(25)23-15-7-5-6-10-22-20(15)27/h8-9,11,15H,4-7,10,12-13H2,1-3H3,(H,22,27)(H,23,25). The highest BCUT2D eigenvalue weighted by Crippen LogP contribution is 2.37. The second-order valence-corrected chi connectivity index (χ2v) is 8.10. The van der Waals surface area contributed by atoms with Gasteiger partial charge in [-0.3, -0.25) is 19.3 Å². The molecule has 1 aromatic carbocycles. The van der Waals surface area contributed by atoms with Crippen molar-refractivity contribution in [1.29, 1.82) is 0 Å². The van der Waals surface area contributed by atoms with E-state index in [0.29, 0.717) is 24.4 Å². The maximum atomic E-state index is 12.6. The lowest BCUT2D eigenvalue weighted by atomic mass is 9.82. The maximum Gasteiger partial charge on any atom is 0.265 e. The molecule has 7 nitrogen and oxygen atoms in total. The van der Waals surface area contributed by atoms with Gasteiger partial charge in [0.2, 0.25) is 11.8 Å². The molecule has 1 aromatic rings. The van der Waals surface area contributed by atoms with Crippen molar-refractivity contribution in [2.75, 3.05) is 24.6 Å². The number of fused-ring (bicyclic) bond motifs is 1. The van der Waals surface area contributed by atoms with E-state index in [4.69, 9.17) is 4.74 Å². The summed E-state index contributed by atoms with van der Waals surface area (Å²) in [4.78, 5) is 38.6. The average Bonchev–Trinajstić information content (AvgIpc) is 2.88. The Kier molecular flexibility index (Phi) is 5.91. The zero-order valence-electron chi connectivity index (χ0n) is 16.8. The highest BCUT2D eigenvalue weighted by atomic mass is 16.5. The molecule has 1 saturated heterocycles. The quantitative estimate of drug-likeness (QED) is 0.808. The Balaban J connectivity index is 1.78. The second-order valence-electron chi connectivity index (χ2n) is 8.10. The number of rotatable bonds is 5. The fourth-order valence-corrected chi connectivity index (χ4v) is 3.46. The molecule has 2 aliphatic heterocycles. The van der Waals surface area contributed by atoms with Crippen LogP contribution < -0.4 is 20.3 Å². The van der Waals surface area contributed by atoms with Crippen molar-refractivity contribution in [1.82, 2.24) is 10.6 Å². The van der Waals surface area contributed by atoms with E-state index in [0.717, 1.165) is 24.8 Å². The summed E-state index contributed by atoms with van der Waals surface area (Å²) in [6.07, 6.45) is 3.33. The molecule has 3 rings (SSSR count). The van der Waals surface area contributed by atoms with Crippen molar-refractivity contribution in [2.45, 2.75) is 57.9 Å². The normalized spacial score (nSPS) is 20.0. The molecule has 0 spiro atoms. The van der Waals surface area contributed by atoms with E-state index in [1.807, 2.05) is 18.2 Å². The molecular formula is C21H29N3O4. The summed E-state index contributed by atoms with van der Waals surface area (Å²) in [6.45, 7) is 6.81. The summed E-state index contributed by atoms with van der Waals surface area (Å²) in [6, 6.07) is 5.25. The molecule has 2 N–H and O–H groups in total. The second kappa shape index (κ2) is 8.20. The van der Waals surface area contributed by atoms with Crippen molar-refractivity contribution < 1.29 is 19.1 Å². The number of carbonyl (C=O) groups is 3. The summed E-state index contributed by atoms with van der Waals surface area (Å²) < 4.78 is 5.55. The Bertz CT molecular complexity index is 775. The van der Waals surface area contributed by atoms with Crippen LogP contribution in [0.15, 0.2) is 18.2 Å². The molecule has 0 radical (unpaired) electrons. The smallest absolute Gasteiger partial charge is 0.265 e. The van der Waals surface area contributed by atoms with Gasteiger partial charge < -0.3 is 15.4 Å². The van der Waals surface area contributed by atoms with E-state index < -0.39 is 6.04 Å². The van der Waals surface area contributed by atoms with Crippen molar-refractivity contribution in [2.24, 2.45) is 0 Å². The SMILES string of the molecule is CCC(C)(C)c1ccc2c(c1)N(CC(=O)NC1CCCCNC1=O)C(=O)CO2. The van der Waals surface area contributed by atoms with Gasteiger partial charge in [0.25, 0.3) is 5.91 Å². The number of nitrogens with one attached hydrogen (secondary N) is 2. The third-order valence-electron chi connectivity index (χ3n) is 5.74. The average molecular weight is 387 g/mol. The van der Waals surface area contributed by atoms with E-state index in [-0.39, 0.29) is 36.3 Å². The number of amides is 3. The number of nitrogens with zero attached hydrogens (tertiary/aromatic N) is 1. The molecule has 2 heterocycles. The number of carbonyl (C=O) groups excluding carboxylic acids is 3. The Labute approximate surface area is 165 Å². The zero-order valence-corrected chi connectivity index (χ0v) is 16.8. The lowest BCUT2D eigenvalue weighted by Gasteiger charge is -2.32. The van der Waals surface area contributed by atoms with Gasteiger partial charge in [-0.2, -0.15) is 0 Å². The van der Waals surface area contributed by atoms with Crippen molar-refractivity contribution in [3.63, 3.8) is 0 Å². The van der Waals surface area contributed by atoms with Crippen molar-refractivity contribution in [3.8, 4) is 5.75 Å². The van der Waals surface area contributed by atoms with Crippen LogP contribution in [-0.2, 0) is 19.8 Å². The van der Waals surface area contributed by atoms with E-state index >= 15 is 0 Å². The van der Waals surface area contributed by atoms with Crippen molar-refractivity contribution >= 4 is 23.4 Å². The maximum absolute atomic E-state index is 12.6. The Hall–Kier alpha value is -2.57. The minimum Gasteiger partial charge on any atom is -0.482 e. The van der Waals surface area contributed by atoms with E-state index in [9.17, 15) is 14.4 Å². The van der Waals surface area contributed by atoms with E-state index in [2.05, 4.69) is 31.4 Å². The van der Waals surface area contributed by atoms with Gasteiger partial charge in [-0.1, -0.05) is 26.8 Å². The van der Waals surface area contributed by atoms with E-state index in [1.165, 1.54) is 4.90 Å². The van der Waals surface area contributed by atoms with Gasteiger partial charge in [-0.15, -0.1) is 0 Å². The first-order valence-corrected chi connectivity index (χ1v) is 9.96.